The number of benzene rings is 2. The van der Waals surface area contributed by atoms with E-state index in [4.69, 9.17) is 9.47 Å². The van der Waals surface area contributed by atoms with Crippen LogP contribution in [0.2, 0.25) is 0 Å². The molecule has 2 aromatic carbocycles. The summed E-state index contributed by atoms with van der Waals surface area (Å²) >= 11 is 0. The van der Waals surface area contributed by atoms with E-state index in [1.807, 2.05) is 31.2 Å². The van der Waals surface area contributed by atoms with Crippen LogP contribution in [-0.2, 0) is 10.0 Å². The Morgan fingerprint density at radius 3 is 2.68 bits per heavy atom. The average Bonchev–Trinajstić information content (AvgIpc) is 2.94. The number of sulfonamides is 1. The monoisotopic (exact) mass is 539 g/mol. The number of aromatic nitrogens is 1. The molecule has 0 bridgehead atoms. The van der Waals surface area contributed by atoms with Gasteiger partial charge < -0.3 is 19.5 Å². The molecule has 1 aliphatic heterocycles. The summed E-state index contributed by atoms with van der Waals surface area (Å²) in [6.45, 7) is 3.56. The Morgan fingerprint density at radius 2 is 2.00 bits per heavy atom. The molecule has 1 aromatic heterocycles. The molecule has 202 valence electrons. The summed E-state index contributed by atoms with van der Waals surface area (Å²) in [6, 6.07) is 15.2. The third kappa shape index (κ3) is 5.52. The number of pyridine rings is 1. The van der Waals surface area contributed by atoms with Gasteiger partial charge in [0, 0.05) is 43.5 Å². The van der Waals surface area contributed by atoms with Crippen LogP contribution in [0.4, 0.5) is 0 Å². The zero-order valence-electron chi connectivity index (χ0n) is 21.9. The molecule has 38 heavy (non-hydrogen) atoms. The number of fused-ring (bicyclic) bond motifs is 1. The quantitative estimate of drug-likeness (QED) is 0.491. The number of carbonyl (C=O) groups is 1. The number of amides is 1. The SMILES string of the molecule is COc1ccccc1-c1ccc2c(c1)O[C@H](CN(C)C(=O)c1cccnc1)[C@H](C)CN([C@@H](C)CO)S2(=O)=O. The Labute approximate surface area is 223 Å². The van der Waals surface area contributed by atoms with Gasteiger partial charge in [0.05, 0.1) is 25.8 Å². The smallest absolute Gasteiger partial charge is 0.255 e. The molecule has 0 unspecified atom stereocenters. The van der Waals surface area contributed by atoms with Crippen LogP contribution in [0.1, 0.15) is 24.2 Å². The maximum atomic E-state index is 13.8. The lowest BCUT2D eigenvalue weighted by molar-refractivity contribution is 0.0563. The Hall–Kier alpha value is -3.47. The van der Waals surface area contributed by atoms with Crippen molar-refractivity contribution in [2.24, 2.45) is 5.92 Å². The molecule has 1 N–H and O–H groups in total. The highest BCUT2D eigenvalue weighted by molar-refractivity contribution is 7.89. The predicted molar refractivity (Wildman–Crippen MR) is 144 cm³/mol. The highest BCUT2D eigenvalue weighted by Crippen LogP contribution is 2.38. The van der Waals surface area contributed by atoms with Crippen molar-refractivity contribution in [1.82, 2.24) is 14.2 Å². The first-order valence-corrected chi connectivity index (χ1v) is 13.8. The van der Waals surface area contributed by atoms with Gasteiger partial charge in [-0.1, -0.05) is 31.2 Å². The van der Waals surface area contributed by atoms with E-state index < -0.39 is 22.2 Å². The fraction of sp³-hybridized carbons (Fsp3) is 0.357. The van der Waals surface area contributed by atoms with Crippen LogP contribution in [0, 0.1) is 5.92 Å². The summed E-state index contributed by atoms with van der Waals surface area (Å²) in [6.07, 6.45) is 2.58. The third-order valence-electron chi connectivity index (χ3n) is 6.79. The van der Waals surface area contributed by atoms with E-state index in [1.165, 1.54) is 16.6 Å². The zero-order chi connectivity index (χ0) is 27.4. The van der Waals surface area contributed by atoms with Gasteiger partial charge in [-0.3, -0.25) is 9.78 Å². The number of ether oxygens (including phenoxy) is 2. The van der Waals surface area contributed by atoms with Gasteiger partial charge in [-0.2, -0.15) is 4.31 Å². The number of nitrogens with zero attached hydrogens (tertiary/aromatic N) is 3. The number of likely N-dealkylation sites (N-methyl/N-ethyl adjacent to an activating group) is 1. The highest BCUT2D eigenvalue weighted by atomic mass is 32.2. The van der Waals surface area contributed by atoms with Crippen molar-refractivity contribution in [2.75, 3.05) is 33.9 Å². The summed E-state index contributed by atoms with van der Waals surface area (Å²) in [7, 11) is -0.725. The maximum absolute atomic E-state index is 13.8. The lowest BCUT2D eigenvalue weighted by atomic mass is 10.0. The second kappa shape index (κ2) is 11.5. The van der Waals surface area contributed by atoms with Crippen LogP contribution < -0.4 is 9.47 Å². The van der Waals surface area contributed by atoms with Crippen molar-refractivity contribution in [2.45, 2.75) is 30.9 Å². The van der Waals surface area contributed by atoms with Gasteiger partial charge in [-0.15, -0.1) is 0 Å². The normalized spacial score (nSPS) is 19.8. The van der Waals surface area contributed by atoms with Crippen molar-refractivity contribution in [3.63, 3.8) is 0 Å². The first-order valence-electron chi connectivity index (χ1n) is 12.4. The van der Waals surface area contributed by atoms with E-state index >= 15 is 0 Å². The fourth-order valence-electron chi connectivity index (χ4n) is 4.56. The summed E-state index contributed by atoms with van der Waals surface area (Å²) in [5.41, 5.74) is 1.96. The molecule has 10 heteroatoms. The van der Waals surface area contributed by atoms with E-state index in [2.05, 4.69) is 4.98 Å². The number of rotatable bonds is 7. The minimum Gasteiger partial charge on any atom is -0.496 e. The standard InChI is InChI=1S/C28H33N3O6S/c1-19-16-31(20(2)18-32)38(34,35)27-12-11-21(23-9-5-6-10-24(23)36-4)14-25(27)37-26(19)17-30(3)28(33)22-8-7-13-29-15-22/h5-15,19-20,26,32H,16-18H2,1-4H3/t19-,20+,26-/m1/s1. The van der Waals surface area contributed by atoms with Crippen LogP contribution in [-0.4, -0.2) is 79.6 Å². The highest BCUT2D eigenvalue weighted by Gasteiger charge is 2.38. The van der Waals surface area contributed by atoms with Gasteiger partial charge in [0.1, 0.15) is 22.5 Å². The molecule has 0 spiro atoms. The number of hydrogen-bond acceptors (Lipinski definition) is 7. The maximum Gasteiger partial charge on any atom is 0.255 e. The van der Waals surface area contributed by atoms with Crippen molar-refractivity contribution in [3.05, 3.63) is 72.6 Å². The van der Waals surface area contributed by atoms with E-state index in [-0.39, 0.29) is 42.2 Å². The third-order valence-corrected chi connectivity index (χ3v) is 8.81. The Morgan fingerprint density at radius 1 is 1.24 bits per heavy atom. The van der Waals surface area contributed by atoms with E-state index in [9.17, 15) is 18.3 Å². The molecule has 3 atom stereocenters. The van der Waals surface area contributed by atoms with Crippen LogP contribution in [0.15, 0.2) is 71.9 Å². The molecule has 0 saturated heterocycles. The van der Waals surface area contributed by atoms with Crippen LogP contribution >= 0.6 is 0 Å². The summed E-state index contributed by atoms with van der Waals surface area (Å²) in [4.78, 5) is 18.6. The van der Waals surface area contributed by atoms with E-state index in [1.54, 1.807) is 56.4 Å². The summed E-state index contributed by atoms with van der Waals surface area (Å²) in [5.74, 6) is 0.309. The van der Waals surface area contributed by atoms with Crippen molar-refractivity contribution < 1.29 is 27.8 Å². The lowest BCUT2D eigenvalue weighted by Crippen LogP contribution is -2.50. The molecule has 4 rings (SSSR count). The number of carbonyl (C=O) groups excluding carboxylic acids is 1. The molecule has 1 amide bonds. The molecular formula is C28H33N3O6S. The second-order valence-electron chi connectivity index (χ2n) is 9.53. The van der Waals surface area contributed by atoms with Gasteiger partial charge in [0.25, 0.3) is 5.91 Å². The zero-order valence-corrected chi connectivity index (χ0v) is 22.8. The molecule has 0 saturated carbocycles. The minimum absolute atomic E-state index is 0.00888. The Balaban J connectivity index is 1.77. The predicted octanol–water partition coefficient (Wildman–Crippen LogP) is 3.30. The van der Waals surface area contributed by atoms with Crippen molar-refractivity contribution >= 4 is 15.9 Å². The van der Waals surface area contributed by atoms with E-state index in [0.29, 0.717) is 11.3 Å². The number of hydrogen-bond donors (Lipinski definition) is 1. The number of para-hydroxylation sites is 1. The van der Waals surface area contributed by atoms with Crippen molar-refractivity contribution in [3.8, 4) is 22.6 Å². The number of methoxy groups -OCH3 is 1. The average molecular weight is 540 g/mol. The first kappa shape index (κ1) is 27.6. The van der Waals surface area contributed by atoms with Gasteiger partial charge in [-0.25, -0.2) is 8.42 Å². The molecule has 0 radical (unpaired) electrons. The number of aliphatic hydroxyl groups is 1. The molecular weight excluding hydrogens is 506 g/mol. The summed E-state index contributed by atoms with van der Waals surface area (Å²) in [5, 5.41) is 9.87. The van der Waals surface area contributed by atoms with Gasteiger partial charge in [-0.05, 0) is 42.8 Å². The van der Waals surface area contributed by atoms with Crippen LogP contribution in [0.3, 0.4) is 0 Å². The van der Waals surface area contributed by atoms with E-state index in [0.717, 1.165) is 11.1 Å². The Kier molecular flexibility index (Phi) is 8.35. The van der Waals surface area contributed by atoms with Crippen LogP contribution in [0.5, 0.6) is 11.5 Å². The van der Waals surface area contributed by atoms with Gasteiger partial charge in [0.2, 0.25) is 10.0 Å². The second-order valence-corrected chi connectivity index (χ2v) is 11.4. The molecule has 0 fully saturated rings. The molecule has 0 aliphatic carbocycles. The topological polar surface area (TPSA) is 109 Å². The van der Waals surface area contributed by atoms with Gasteiger partial charge in [0.15, 0.2) is 0 Å². The lowest BCUT2D eigenvalue weighted by Gasteiger charge is -2.37. The van der Waals surface area contributed by atoms with Gasteiger partial charge >= 0.3 is 0 Å². The molecule has 3 aromatic rings. The van der Waals surface area contributed by atoms with Crippen molar-refractivity contribution in [1.29, 1.82) is 0 Å². The minimum atomic E-state index is -3.98. The Bertz CT molecular complexity index is 1380. The van der Waals surface area contributed by atoms with Crippen LogP contribution in [0.25, 0.3) is 11.1 Å². The number of aliphatic hydroxyl groups excluding tert-OH is 1. The largest absolute Gasteiger partial charge is 0.496 e. The summed E-state index contributed by atoms with van der Waals surface area (Å²) < 4.78 is 40.8. The fourth-order valence-corrected chi connectivity index (χ4v) is 6.38. The molecule has 2 heterocycles. The molecule has 9 nitrogen and oxygen atoms in total. The first-order chi connectivity index (χ1) is 18.2. The molecule has 1 aliphatic rings.